The van der Waals surface area contributed by atoms with Gasteiger partial charge >= 0.3 is 0 Å². The summed E-state index contributed by atoms with van der Waals surface area (Å²) in [6, 6.07) is 0. The fourth-order valence-corrected chi connectivity index (χ4v) is 2.20. The molecule has 82 valence electrons. The molecule has 2 fully saturated rings. The number of methoxy groups -OCH3 is 1. The second-order valence-electron chi connectivity index (χ2n) is 4.40. The van der Waals surface area contributed by atoms with Gasteiger partial charge in [-0.1, -0.05) is 0 Å². The molecule has 4 atom stereocenters. The van der Waals surface area contributed by atoms with Crippen molar-refractivity contribution in [3.05, 3.63) is 0 Å². The third-order valence-corrected chi connectivity index (χ3v) is 2.71. The molecule has 0 N–H and O–H groups in total. The van der Waals surface area contributed by atoms with Crippen molar-refractivity contribution in [3.8, 4) is 0 Å². The van der Waals surface area contributed by atoms with Gasteiger partial charge in [0, 0.05) is 7.11 Å². The van der Waals surface area contributed by atoms with Gasteiger partial charge in [0.25, 0.3) is 0 Å². The predicted molar refractivity (Wildman–Crippen MR) is 50.0 cm³/mol. The summed E-state index contributed by atoms with van der Waals surface area (Å²) in [5.74, 6) is -0.487. The molecule has 4 heteroatoms. The van der Waals surface area contributed by atoms with Gasteiger partial charge in [0.05, 0.1) is 12.7 Å². The van der Waals surface area contributed by atoms with E-state index in [0.717, 1.165) is 0 Å². The predicted octanol–water partition coefficient (Wildman–Crippen LogP) is 0.940. The lowest BCUT2D eigenvalue weighted by Crippen LogP contribution is -2.32. The molecule has 4 unspecified atom stereocenters. The van der Waals surface area contributed by atoms with Crippen molar-refractivity contribution in [2.24, 2.45) is 0 Å². The Balaban J connectivity index is 2.07. The Morgan fingerprint density at radius 3 is 2.50 bits per heavy atom. The van der Waals surface area contributed by atoms with E-state index in [2.05, 4.69) is 0 Å². The van der Waals surface area contributed by atoms with Gasteiger partial charge in [-0.25, -0.2) is 0 Å². The van der Waals surface area contributed by atoms with E-state index >= 15 is 0 Å². The first-order valence-electron chi connectivity index (χ1n) is 5.03. The van der Waals surface area contributed by atoms with Crippen LogP contribution in [0.2, 0.25) is 0 Å². The second kappa shape index (κ2) is 3.45. The SMILES string of the molecule is COCC1OC(C)C2OC(C)(C)OC12. The molecule has 0 aromatic heterocycles. The molecule has 0 aliphatic carbocycles. The summed E-state index contributed by atoms with van der Waals surface area (Å²) in [5, 5.41) is 0. The van der Waals surface area contributed by atoms with Gasteiger partial charge in [-0.05, 0) is 20.8 Å². The zero-order valence-electron chi connectivity index (χ0n) is 9.15. The molecule has 0 aromatic carbocycles. The summed E-state index contributed by atoms with van der Waals surface area (Å²) in [7, 11) is 1.67. The van der Waals surface area contributed by atoms with E-state index in [9.17, 15) is 0 Å². The van der Waals surface area contributed by atoms with Crippen LogP contribution in [-0.4, -0.2) is 43.9 Å². The quantitative estimate of drug-likeness (QED) is 0.668. The van der Waals surface area contributed by atoms with Crippen LogP contribution in [0.3, 0.4) is 0 Å². The molecule has 2 aliphatic heterocycles. The summed E-state index contributed by atoms with van der Waals surface area (Å²) in [4.78, 5) is 0. The van der Waals surface area contributed by atoms with Gasteiger partial charge < -0.3 is 18.9 Å². The fraction of sp³-hybridized carbons (Fsp3) is 1.00. The van der Waals surface area contributed by atoms with Crippen LogP contribution < -0.4 is 0 Å². The average Bonchev–Trinajstić information content (AvgIpc) is 2.51. The standard InChI is InChI=1S/C10H18O4/c1-6-8-9(7(12-6)5-11-4)14-10(2,3)13-8/h6-9H,5H2,1-4H3. The van der Waals surface area contributed by atoms with Gasteiger partial charge in [-0.3, -0.25) is 0 Å². The van der Waals surface area contributed by atoms with Crippen molar-refractivity contribution >= 4 is 0 Å². The highest BCUT2D eigenvalue weighted by molar-refractivity contribution is 4.96. The first kappa shape index (κ1) is 10.4. The van der Waals surface area contributed by atoms with Crippen molar-refractivity contribution in [3.63, 3.8) is 0 Å². The van der Waals surface area contributed by atoms with Crippen molar-refractivity contribution in [2.45, 2.75) is 51.0 Å². The van der Waals surface area contributed by atoms with Crippen LogP contribution in [0.1, 0.15) is 20.8 Å². The highest BCUT2D eigenvalue weighted by Crippen LogP contribution is 2.38. The Kier molecular flexibility index (Phi) is 2.55. The lowest BCUT2D eigenvalue weighted by atomic mass is 10.1. The molecule has 14 heavy (non-hydrogen) atoms. The van der Waals surface area contributed by atoms with Crippen LogP contribution in [0.25, 0.3) is 0 Å². The molecule has 0 saturated carbocycles. The third kappa shape index (κ3) is 1.67. The van der Waals surface area contributed by atoms with E-state index < -0.39 is 5.79 Å². The lowest BCUT2D eigenvalue weighted by Gasteiger charge is -2.22. The molecule has 0 aromatic rings. The van der Waals surface area contributed by atoms with Crippen LogP contribution in [0.5, 0.6) is 0 Å². The number of rotatable bonds is 2. The number of fused-ring (bicyclic) bond motifs is 1. The van der Waals surface area contributed by atoms with Crippen molar-refractivity contribution < 1.29 is 18.9 Å². The maximum atomic E-state index is 5.78. The highest BCUT2D eigenvalue weighted by Gasteiger charge is 2.53. The maximum absolute atomic E-state index is 5.78. The largest absolute Gasteiger partial charge is 0.382 e. The van der Waals surface area contributed by atoms with E-state index in [0.29, 0.717) is 6.61 Å². The molecule has 2 saturated heterocycles. The Morgan fingerprint density at radius 2 is 1.86 bits per heavy atom. The molecular formula is C10H18O4. The smallest absolute Gasteiger partial charge is 0.164 e. The Hall–Kier alpha value is -0.160. The Bertz CT molecular complexity index is 216. The fourth-order valence-electron chi connectivity index (χ4n) is 2.20. The molecular weight excluding hydrogens is 184 g/mol. The minimum absolute atomic E-state index is 0.00164. The molecule has 0 bridgehead atoms. The first-order chi connectivity index (χ1) is 6.53. The highest BCUT2D eigenvalue weighted by atomic mass is 16.8. The normalized spacial score (nSPS) is 45.4. The number of hydrogen-bond acceptors (Lipinski definition) is 4. The number of ether oxygens (including phenoxy) is 4. The molecule has 0 spiro atoms. The molecule has 0 radical (unpaired) electrons. The van der Waals surface area contributed by atoms with Crippen LogP contribution in [-0.2, 0) is 18.9 Å². The van der Waals surface area contributed by atoms with Gasteiger partial charge in [0.2, 0.25) is 0 Å². The molecule has 2 aliphatic rings. The molecule has 4 nitrogen and oxygen atoms in total. The molecule has 0 amide bonds. The minimum atomic E-state index is -0.487. The summed E-state index contributed by atoms with van der Waals surface area (Å²) in [6.07, 6.45) is 0.147. The monoisotopic (exact) mass is 202 g/mol. The minimum Gasteiger partial charge on any atom is -0.382 e. The van der Waals surface area contributed by atoms with Crippen LogP contribution >= 0.6 is 0 Å². The van der Waals surface area contributed by atoms with Crippen LogP contribution in [0.15, 0.2) is 0 Å². The summed E-state index contributed by atoms with van der Waals surface area (Å²) in [5.41, 5.74) is 0. The first-order valence-corrected chi connectivity index (χ1v) is 5.03. The molecule has 2 heterocycles. The average molecular weight is 202 g/mol. The van der Waals surface area contributed by atoms with E-state index in [-0.39, 0.29) is 24.4 Å². The second-order valence-corrected chi connectivity index (χ2v) is 4.40. The topological polar surface area (TPSA) is 36.9 Å². The van der Waals surface area contributed by atoms with Crippen molar-refractivity contribution in [2.75, 3.05) is 13.7 Å². The molecule has 2 rings (SSSR count). The summed E-state index contributed by atoms with van der Waals surface area (Å²) < 4.78 is 22.3. The third-order valence-electron chi connectivity index (χ3n) is 2.71. The maximum Gasteiger partial charge on any atom is 0.164 e. The van der Waals surface area contributed by atoms with Crippen LogP contribution in [0.4, 0.5) is 0 Å². The van der Waals surface area contributed by atoms with E-state index in [1.165, 1.54) is 0 Å². The summed E-state index contributed by atoms with van der Waals surface area (Å²) >= 11 is 0. The van der Waals surface area contributed by atoms with Gasteiger partial charge in [0.15, 0.2) is 5.79 Å². The van der Waals surface area contributed by atoms with Crippen molar-refractivity contribution in [1.29, 1.82) is 0 Å². The van der Waals surface area contributed by atoms with Crippen LogP contribution in [0, 0.1) is 0 Å². The van der Waals surface area contributed by atoms with Gasteiger partial charge in [0.1, 0.15) is 18.3 Å². The summed E-state index contributed by atoms with van der Waals surface area (Å²) in [6.45, 7) is 6.44. The zero-order chi connectivity index (χ0) is 10.3. The van der Waals surface area contributed by atoms with Gasteiger partial charge in [-0.15, -0.1) is 0 Å². The number of hydrogen-bond donors (Lipinski definition) is 0. The van der Waals surface area contributed by atoms with Crippen molar-refractivity contribution in [1.82, 2.24) is 0 Å². The lowest BCUT2D eigenvalue weighted by molar-refractivity contribution is -0.189. The van der Waals surface area contributed by atoms with E-state index in [1.54, 1.807) is 7.11 Å². The van der Waals surface area contributed by atoms with E-state index in [1.807, 2.05) is 20.8 Å². The zero-order valence-corrected chi connectivity index (χ0v) is 9.15. The Labute approximate surface area is 84.5 Å². The Morgan fingerprint density at radius 1 is 1.21 bits per heavy atom. The van der Waals surface area contributed by atoms with Gasteiger partial charge in [-0.2, -0.15) is 0 Å². The van der Waals surface area contributed by atoms with E-state index in [4.69, 9.17) is 18.9 Å².